The zero-order valence-electron chi connectivity index (χ0n) is 11.6. The molecular formula is C15H21N3. The molecule has 2 rings (SSSR count). The van der Waals surface area contributed by atoms with Crippen LogP contribution in [0.2, 0.25) is 0 Å². The first kappa shape index (κ1) is 12.7. The van der Waals surface area contributed by atoms with E-state index in [9.17, 15) is 0 Å². The van der Waals surface area contributed by atoms with Crippen LogP contribution in [0.4, 0.5) is 5.69 Å². The lowest BCUT2D eigenvalue weighted by Gasteiger charge is -2.18. The molecule has 1 heterocycles. The number of anilines is 1. The molecule has 18 heavy (non-hydrogen) atoms. The molecule has 0 aliphatic rings. The van der Waals surface area contributed by atoms with Gasteiger partial charge in [-0.3, -0.25) is 4.68 Å². The number of nitrogens with zero attached hydrogens (tertiary/aromatic N) is 2. The fraction of sp³-hybridized carbons (Fsp3) is 0.400. The minimum absolute atomic E-state index is 0.173. The summed E-state index contributed by atoms with van der Waals surface area (Å²) in [5.74, 6) is 0. The molecule has 0 spiro atoms. The van der Waals surface area contributed by atoms with Gasteiger partial charge >= 0.3 is 0 Å². The van der Waals surface area contributed by atoms with Crippen molar-refractivity contribution in [2.45, 2.75) is 39.7 Å². The Balaban J connectivity index is 2.37. The lowest BCUT2D eigenvalue weighted by atomic mass is 9.86. The van der Waals surface area contributed by atoms with Crippen molar-refractivity contribution in [1.29, 1.82) is 0 Å². The summed E-state index contributed by atoms with van der Waals surface area (Å²) >= 11 is 0. The van der Waals surface area contributed by atoms with Crippen molar-refractivity contribution in [3.63, 3.8) is 0 Å². The number of aromatic nitrogens is 2. The van der Waals surface area contributed by atoms with E-state index in [2.05, 4.69) is 57.1 Å². The highest BCUT2D eigenvalue weighted by atomic mass is 15.3. The molecule has 0 aliphatic heterocycles. The van der Waals surface area contributed by atoms with Crippen molar-refractivity contribution in [2.75, 3.05) is 5.73 Å². The highest BCUT2D eigenvalue weighted by Gasteiger charge is 2.14. The predicted octanol–water partition coefficient (Wildman–Crippen LogP) is 3.45. The monoisotopic (exact) mass is 243 g/mol. The second-order valence-corrected chi connectivity index (χ2v) is 5.62. The zero-order valence-corrected chi connectivity index (χ0v) is 11.6. The Bertz CT molecular complexity index is 530. The van der Waals surface area contributed by atoms with Crippen molar-refractivity contribution >= 4 is 5.69 Å². The average Bonchev–Trinajstić information content (AvgIpc) is 2.70. The van der Waals surface area contributed by atoms with Crippen LogP contribution in [0.3, 0.4) is 0 Å². The number of nitrogen functional groups attached to an aromatic ring is 1. The number of hydrogen-bond acceptors (Lipinski definition) is 2. The topological polar surface area (TPSA) is 43.8 Å². The molecule has 0 radical (unpaired) electrons. The summed E-state index contributed by atoms with van der Waals surface area (Å²) in [7, 11) is 0. The first-order chi connectivity index (χ1) is 8.41. The Morgan fingerprint density at radius 2 is 1.78 bits per heavy atom. The maximum absolute atomic E-state index is 5.99. The van der Waals surface area contributed by atoms with Gasteiger partial charge in [-0.15, -0.1) is 0 Å². The molecule has 0 saturated heterocycles. The molecule has 3 heteroatoms. The predicted molar refractivity (Wildman–Crippen MR) is 76.4 cm³/mol. The van der Waals surface area contributed by atoms with Crippen LogP contribution in [0.15, 0.2) is 30.5 Å². The largest absolute Gasteiger partial charge is 0.396 e. The van der Waals surface area contributed by atoms with Crippen LogP contribution in [-0.4, -0.2) is 9.78 Å². The van der Waals surface area contributed by atoms with E-state index in [0.29, 0.717) is 0 Å². The first-order valence-corrected chi connectivity index (χ1v) is 6.35. The summed E-state index contributed by atoms with van der Waals surface area (Å²) in [5.41, 5.74) is 10.2. The number of aryl methyl sites for hydroxylation is 1. The average molecular weight is 243 g/mol. The van der Waals surface area contributed by atoms with E-state index in [1.165, 1.54) is 5.56 Å². The molecule has 0 saturated carbocycles. The minimum atomic E-state index is 0.173. The van der Waals surface area contributed by atoms with E-state index in [0.717, 1.165) is 23.5 Å². The lowest BCUT2D eigenvalue weighted by Crippen LogP contribution is -2.10. The van der Waals surface area contributed by atoms with Crippen molar-refractivity contribution in [1.82, 2.24) is 9.78 Å². The van der Waals surface area contributed by atoms with Crippen LogP contribution >= 0.6 is 0 Å². The maximum atomic E-state index is 5.99. The van der Waals surface area contributed by atoms with Crippen molar-refractivity contribution in [2.24, 2.45) is 0 Å². The van der Waals surface area contributed by atoms with E-state index in [1.54, 1.807) is 0 Å². The van der Waals surface area contributed by atoms with Crippen LogP contribution in [0.5, 0.6) is 0 Å². The SMILES string of the molecule is CCn1cc(N)c(-c2ccc(C(C)(C)C)cc2)n1. The second kappa shape index (κ2) is 4.48. The highest BCUT2D eigenvalue weighted by molar-refractivity contribution is 5.72. The molecule has 0 aliphatic carbocycles. The molecule has 2 N–H and O–H groups in total. The molecular weight excluding hydrogens is 222 g/mol. The molecule has 96 valence electrons. The Morgan fingerprint density at radius 1 is 1.17 bits per heavy atom. The van der Waals surface area contributed by atoms with Gasteiger partial charge in [0.25, 0.3) is 0 Å². The van der Waals surface area contributed by atoms with Crippen LogP contribution in [0.1, 0.15) is 33.3 Å². The molecule has 0 bridgehead atoms. The summed E-state index contributed by atoms with van der Waals surface area (Å²) in [4.78, 5) is 0. The van der Waals surface area contributed by atoms with Gasteiger partial charge in [-0.25, -0.2) is 0 Å². The third-order valence-electron chi connectivity index (χ3n) is 3.14. The summed E-state index contributed by atoms with van der Waals surface area (Å²) in [6, 6.07) is 8.50. The molecule has 0 unspecified atom stereocenters. The van der Waals surface area contributed by atoms with Crippen molar-refractivity contribution in [3.05, 3.63) is 36.0 Å². The third kappa shape index (κ3) is 2.40. The Kier molecular flexibility index (Phi) is 3.16. The van der Waals surface area contributed by atoms with E-state index in [-0.39, 0.29) is 5.41 Å². The molecule has 2 aromatic rings. The Labute approximate surface area is 109 Å². The van der Waals surface area contributed by atoms with Gasteiger partial charge in [0.2, 0.25) is 0 Å². The second-order valence-electron chi connectivity index (χ2n) is 5.62. The lowest BCUT2D eigenvalue weighted by molar-refractivity contribution is 0.590. The van der Waals surface area contributed by atoms with Crippen LogP contribution < -0.4 is 5.73 Å². The summed E-state index contributed by atoms with van der Waals surface area (Å²) in [6.07, 6.45) is 1.88. The fourth-order valence-electron chi connectivity index (χ4n) is 1.95. The van der Waals surface area contributed by atoms with Gasteiger partial charge in [0.1, 0.15) is 5.69 Å². The van der Waals surface area contributed by atoms with Gasteiger partial charge in [-0.05, 0) is 17.9 Å². The third-order valence-corrected chi connectivity index (χ3v) is 3.14. The Hall–Kier alpha value is -1.77. The van der Waals surface area contributed by atoms with Gasteiger partial charge in [0, 0.05) is 18.3 Å². The molecule has 0 atom stereocenters. The number of rotatable bonds is 2. The molecule has 0 amide bonds. The normalized spacial score (nSPS) is 11.8. The van der Waals surface area contributed by atoms with E-state index >= 15 is 0 Å². The smallest absolute Gasteiger partial charge is 0.115 e. The quantitative estimate of drug-likeness (QED) is 0.878. The van der Waals surface area contributed by atoms with Crippen LogP contribution in [0, 0.1) is 0 Å². The molecule has 3 nitrogen and oxygen atoms in total. The Morgan fingerprint density at radius 3 is 2.22 bits per heavy atom. The van der Waals surface area contributed by atoms with Gasteiger partial charge in [-0.1, -0.05) is 45.0 Å². The van der Waals surface area contributed by atoms with Crippen molar-refractivity contribution in [3.8, 4) is 11.3 Å². The van der Waals surface area contributed by atoms with Gasteiger partial charge in [0.15, 0.2) is 0 Å². The van der Waals surface area contributed by atoms with Gasteiger partial charge in [0.05, 0.1) is 5.69 Å². The molecule has 1 aromatic carbocycles. The fourth-order valence-corrected chi connectivity index (χ4v) is 1.95. The zero-order chi connectivity index (χ0) is 13.3. The number of hydrogen-bond donors (Lipinski definition) is 1. The van der Waals surface area contributed by atoms with E-state index < -0.39 is 0 Å². The summed E-state index contributed by atoms with van der Waals surface area (Å²) in [6.45, 7) is 9.52. The maximum Gasteiger partial charge on any atom is 0.115 e. The van der Waals surface area contributed by atoms with E-state index in [4.69, 9.17) is 5.73 Å². The molecule has 0 fully saturated rings. The molecule has 1 aromatic heterocycles. The summed E-state index contributed by atoms with van der Waals surface area (Å²) < 4.78 is 1.86. The highest BCUT2D eigenvalue weighted by Crippen LogP contribution is 2.28. The van der Waals surface area contributed by atoms with Crippen LogP contribution in [-0.2, 0) is 12.0 Å². The minimum Gasteiger partial charge on any atom is -0.396 e. The first-order valence-electron chi connectivity index (χ1n) is 6.35. The van der Waals surface area contributed by atoms with Gasteiger partial charge in [-0.2, -0.15) is 5.10 Å². The number of benzene rings is 1. The summed E-state index contributed by atoms with van der Waals surface area (Å²) in [5, 5.41) is 4.48. The van der Waals surface area contributed by atoms with Crippen LogP contribution in [0.25, 0.3) is 11.3 Å². The standard InChI is InChI=1S/C15H21N3/c1-5-18-10-13(16)14(17-18)11-6-8-12(9-7-11)15(2,3)4/h6-10H,5,16H2,1-4H3. The van der Waals surface area contributed by atoms with Gasteiger partial charge < -0.3 is 5.73 Å². The van der Waals surface area contributed by atoms with E-state index in [1.807, 2.05) is 10.9 Å². The van der Waals surface area contributed by atoms with Crippen molar-refractivity contribution < 1.29 is 0 Å². The number of nitrogens with two attached hydrogens (primary N) is 1.